The number of β-amino-alcohol motifs (C(OH)–C–C–N with tert-alkyl or cyclic N) is 1. The second kappa shape index (κ2) is 8.26. The molecule has 1 saturated heterocycles. The van der Waals surface area contributed by atoms with Gasteiger partial charge in [0, 0.05) is 18.5 Å². The summed E-state index contributed by atoms with van der Waals surface area (Å²) in [6.07, 6.45) is -0.668. The second-order valence-electron chi connectivity index (χ2n) is 19.4. The van der Waals surface area contributed by atoms with Crippen molar-refractivity contribution in [2.45, 2.75) is 104 Å². The number of urea groups is 1. The minimum Gasteiger partial charge on any atom is -0.460 e. The number of rotatable bonds is 5. The van der Waals surface area contributed by atoms with Crippen molar-refractivity contribution in [2.24, 2.45) is 51.8 Å². The number of benzene rings is 1. The fraction of sp³-hybridized carbons (Fsp3) is 0.692. The predicted octanol–water partition coefficient (Wildman–Crippen LogP) is 5.27. The fourth-order valence-corrected chi connectivity index (χ4v) is 15.0. The monoisotopic (exact) mass is 699 g/mol. The summed E-state index contributed by atoms with van der Waals surface area (Å²) >= 11 is 0. The van der Waals surface area contributed by atoms with Crippen LogP contribution in [-0.4, -0.2) is 78.8 Å². The zero-order valence-corrected chi connectivity index (χ0v) is 30.7. The van der Waals surface area contributed by atoms with Crippen LogP contribution in [0.1, 0.15) is 83.3 Å². The lowest BCUT2D eigenvalue weighted by atomic mass is 9.17. The summed E-state index contributed by atoms with van der Waals surface area (Å²) in [5.41, 5.74) is 2.08. The number of hydrogen-bond donors (Lipinski definition) is 1. The fourth-order valence-electron chi connectivity index (χ4n) is 15.0. The van der Waals surface area contributed by atoms with Gasteiger partial charge in [-0.2, -0.15) is 5.10 Å². The predicted molar refractivity (Wildman–Crippen MR) is 180 cm³/mol. The number of fused-ring (bicyclic) bond motifs is 7. The van der Waals surface area contributed by atoms with E-state index in [-0.39, 0.29) is 46.1 Å². The maximum Gasteiger partial charge on any atom is 0.410 e. The number of aliphatic hydroxyl groups excluding tert-OH is 1. The van der Waals surface area contributed by atoms with E-state index in [1.807, 2.05) is 53.4 Å². The van der Waals surface area contributed by atoms with Gasteiger partial charge in [0.15, 0.2) is 6.23 Å². The third-order valence-electron chi connectivity index (χ3n) is 15.1. The summed E-state index contributed by atoms with van der Waals surface area (Å²) < 4.78 is 28.1. The highest BCUT2D eigenvalue weighted by molar-refractivity contribution is 5.98. The SMILES string of the molecule is Cc1cc(-n2nc3c(c2N2C(=O)N(C45C6C7C8(CC(=O)OC(C)(C)C)C9C4C94C8C76C45)CC2O)C(C)N(C(=O)OC(C)(C)C)CC3)cc(C)c1F. The first-order chi connectivity index (χ1) is 23.8. The van der Waals surface area contributed by atoms with Gasteiger partial charge in [-0.25, -0.2) is 23.6 Å². The first-order valence-corrected chi connectivity index (χ1v) is 18.7. The van der Waals surface area contributed by atoms with E-state index in [0.29, 0.717) is 83.1 Å². The van der Waals surface area contributed by atoms with Gasteiger partial charge in [0.1, 0.15) is 22.8 Å². The molecule has 12 heteroatoms. The first-order valence-electron chi connectivity index (χ1n) is 18.7. The van der Waals surface area contributed by atoms with E-state index in [2.05, 4.69) is 0 Å². The highest BCUT2D eigenvalue weighted by atomic mass is 19.1. The number of carbonyl (C=O) groups excluding carboxylic acids is 3. The van der Waals surface area contributed by atoms with E-state index in [1.54, 1.807) is 35.6 Å². The van der Waals surface area contributed by atoms with Crippen molar-refractivity contribution < 1.29 is 33.4 Å². The number of hydrogen-bond acceptors (Lipinski definition) is 7. The Balaban J connectivity index is 0.958. The molecule has 8 unspecified atom stereocenters. The van der Waals surface area contributed by atoms with Gasteiger partial charge in [0.25, 0.3) is 0 Å². The number of halogens is 1. The Morgan fingerprint density at radius 1 is 0.980 bits per heavy atom. The van der Waals surface area contributed by atoms with Crippen molar-refractivity contribution in [3.63, 3.8) is 0 Å². The van der Waals surface area contributed by atoms with Crippen LogP contribution in [0.2, 0.25) is 0 Å². The Morgan fingerprint density at radius 2 is 1.59 bits per heavy atom. The van der Waals surface area contributed by atoms with Crippen molar-refractivity contribution in [1.82, 2.24) is 19.6 Å². The molecule has 8 fully saturated rings. The molecule has 11 rings (SSSR count). The van der Waals surface area contributed by atoms with Gasteiger partial charge in [-0.05, 0) is 137 Å². The lowest BCUT2D eigenvalue weighted by Gasteiger charge is -2.87. The highest BCUT2D eigenvalue weighted by Crippen LogP contribution is 3.29. The van der Waals surface area contributed by atoms with Crippen LogP contribution >= 0.6 is 0 Å². The van der Waals surface area contributed by atoms with E-state index in [9.17, 15) is 23.9 Å². The molecule has 2 aliphatic heterocycles. The molecule has 51 heavy (non-hydrogen) atoms. The van der Waals surface area contributed by atoms with Crippen molar-refractivity contribution in [3.05, 3.63) is 40.3 Å². The number of amides is 3. The largest absolute Gasteiger partial charge is 0.460 e. The van der Waals surface area contributed by atoms with Crippen LogP contribution < -0.4 is 4.90 Å². The standard InChI is InChI=1S/C39H46FN5O6/c1-16-12-19(13-17(2)24(16)40)45-29(23-18(3)42(11-10-20(23)41-45)33(49)51-35(7,8)9)44-21(46)15-43(32(44)48)39-27-25-36(14-22(47)50-34(4,5)6)26-28(39)38(26)30(36)37(25,27)31(38)39/h12-13,18,21,25-28,30-31,46H,10-11,14-15H2,1-9H3. The van der Waals surface area contributed by atoms with Gasteiger partial charge in [0.2, 0.25) is 0 Å². The van der Waals surface area contributed by atoms with Gasteiger partial charge >= 0.3 is 18.1 Å². The van der Waals surface area contributed by atoms with E-state index < -0.39 is 29.6 Å². The van der Waals surface area contributed by atoms with Gasteiger partial charge in [-0.1, -0.05) is 0 Å². The van der Waals surface area contributed by atoms with Gasteiger partial charge < -0.3 is 24.4 Å². The third kappa shape index (κ3) is 2.86. The van der Waals surface area contributed by atoms with Crippen molar-refractivity contribution in [2.75, 3.05) is 18.0 Å². The maximum absolute atomic E-state index is 15.0. The molecule has 7 aliphatic carbocycles. The van der Waals surface area contributed by atoms with Crippen LogP contribution in [0.15, 0.2) is 12.1 Å². The third-order valence-corrected chi connectivity index (χ3v) is 15.1. The van der Waals surface area contributed by atoms with Crippen molar-refractivity contribution in [1.29, 1.82) is 0 Å². The van der Waals surface area contributed by atoms with Crippen molar-refractivity contribution >= 4 is 23.9 Å². The molecule has 0 bridgehead atoms. The first kappa shape index (κ1) is 30.9. The number of nitrogens with zero attached hydrogens (tertiary/aromatic N) is 5. The van der Waals surface area contributed by atoms with Crippen LogP contribution in [0.25, 0.3) is 5.69 Å². The van der Waals surface area contributed by atoms with Crippen LogP contribution in [0.4, 0.5) is 19.8 Å². The van der Waals surface area contributed by atoms with Crippen LogP contribution in [0, 0.1) is 71.4 Å². The lowest BCUT2D eigenvalue weighted by molar-refractivity contribution is -0.410. The minimum atomic E-state index is -1.14. The average Bonchev–Trinajstić information content (AvgIpc) is 3.79. The summed E-state index contributed by atoms with van der Waals surface area (Å²) in [5, 5.41) is 17.0. The van der Waals surface area contributed by atoms with E-state index in [0.717, 1.165) is 5.69 Å². The summed E-state index contributed by atoms with van der Waals surface area (Å²) in [5.74, 6) is 2.76. The highest BCUT2D eigenvalue weighted by Gasteiger charge is 3.31. The number of carbonyl (C=O) groups is 3. The summed E-state index contributed by atoms with van der Waals surface area (Å²) in [6, 6.07) is 2.69. The minimum absolute atomic E-state index is 0.0474. The number of esters is 1. The molecule has 270 valence electrons. The average molecular weight is 700 g/mol. The molecular formula is C39H46FN5O6. The quantitative estimate of drug-likeness (QED) is 0.423. The number of aliphatic hydroxyl groups is 1. The second-order valence-corrected chi connectivity index (χ2v) is 19.4. The van der Waals surface area contributed by atoms with Crippen LogP contribution in [0.3, 0.4) is 0 Å². The Bertz CT molecular complexity index is 2030. The zero-order chi connectivity index (χ0) is 36.1. The van der Waals surface area contributed by atoms with Crippen LogP contribution in [-0.2, 0) is 20.7 Å². The topological polar surface area (TPSA) is 117 Å². The van der Waals surface area contributed by atoms with E-state index >= 15 is 0 Å². The zero-order valence-electron chi connectivity index (χ0n) is 30.7. The normalized spacial score (nSPS) is 43.4. The molecule has 9 aliphatic rings. The van der Waals surface area contributed by atoms with E-state index in [4.69, 9.17) is 14.6 Å². The molecule has 3 heterocycles. The molecule has 3 amide bonds. The summed E-state index contributed by atoms with van der Waals surface area (Å²) in [6.45, 7) is 17.1. The summed E-state index contributed by atoms with van der Waals surface area (Å²) in [4.78, 5) is 46.7. The van der Waals surface area contributed by atoms with Gasteiger partial charge in [-0.15, -0.1) is 0 Å². The lowest BCUT2D eigenvalue weighted by Crippen LogP contribution is -2.90. The Kier molecular flexibility index (Phi) is 5.01. The van der Waals surface area contributed by atoms with Gasteiger partial charge in [-0.3, -0.25) is 4.79 Å². The molecule has 0 radical (unpaired) electrons. The van der Waals surface area contributed by atoms with Gasteiger partial charge in [0.05, 0.1) is 35.9 Å². The Hall–Kier alpha value is -3.67. The molecular weight excluding hydrogens is 653 g/mol. The van der Waals surface area contributed by atoms with E-state index in [1.165, 1.54) is 4.90 Å². The number of ether oxygens (including phenoxy) is 2. The van der Waals surface area contributed by atoms with Crippen molar-refractivity contribution in [3.8, 4) is 5.69 Å². The molecule has 2 aromatic rings. The number of anilines is 1. The molecule has 1 aromatic carbocycles. The van der Waals surface area contributed by atoms with Crippen LogP contribution in [0.5, 0.6) is 0 Å². The molecule has 8 atom stereocenters. The molecule has 1 N–H and O–H groups in total. The molecule has 2 spiro atoms. The number of aromatic nitrogens is 2. The Labute approximate surface area is 296 Å². The number of aryl methyl sites for hydroxylation is 2. The maximum atomic E-state index is 15.0. The molecule has 1 aromatic heterocycles. The smallest absolute Gasteiger partial charge is 0.410 e. The Morgan fingerprint density at radius 3 is 2.18 bits per heavy atom. The molecule has 7 saturated carbocycles. The molecule has 11 nitrogen and oxygen atoms in total. The summed E-state index contributed by atoms with van der Waals surface area (Å²) in [7, 11) is 0.